The number of hydrogen-bond acceptors (Lipinski definition) is 2. The molecule has 4 nitrogen and oxygen atoms in total. The van der Waals surface area contributed by atoms with E-state index < -0.39 is 0 Å². The molecule has 4 aromatic heterocycles. The number of benzene rings is 2. The number of pyridine rings is 2. The third kappa shape index (κ3) is 5.90. The van der Waals surface area contributed by atoms with E-state index in [-0.39, 0.29) is 21.7 Å². The van der Waals surface area contributed by atoms with Crippen LogP contribution in [0.3, 0.4) is 0 Å². The van der Waals surface area contributed by atoms with E-state index in [0.717, 1.165) is 44.9 Å². The number of nitrogens with zero attached hydrogens (tertiary/aromatic N) is 3. The zero-order chi connectivity index (χ0) is 33.4. The molecule has 0 atom stereocenters. The molecule has 0 aliphatic heterocycles. The number of fused-ring (bicyclic) bond motifs is 3. The summed E-state index contributed by atoms with van der Waals surface area (Å²) in [6, 6.07) is 27.0. The molecule has 4 heterocycles. The Bertz CT molecular complexity index is 2080. The number of nitrogens with one attached hydrogen (secondary N) is 1. The Morgan fingerprint density at radius 2 is 1.15 bits per heavy atom. The molecule has 4 heteroatoms. The maximum Gasteiger partial charge on any atom is 0.147 e. The molecule has 238 valence electrons. The van der Waals surface area contributed by atoms with Gasteiger partial charge in [-0.2, -0.15) is 0 Å². The Hall–Kier alpha value is -4.18. The van der Waals surface area contributed by atoms with Gasteiger partial charge in [-0.05, 0) is 99.7 Å². The number of hydrogen-bond donors (Lipinski definition) is 1. The standard InChI is InChI=1S/C42H50N4/c1-39(2,3)28-13-16-35-32(24-28)31-14-15-33(44-38(31)46(35)37-18-17-36(45-37)42(10,11)12)26-21-27(23-30(22-26)41(7,8)9)34-25-29(19-20-43-34)40(4,5)6/h13-25,45H,1-12H3. The molecule has 0 fully saturated rings. The third-order valence-electron chi connectivity index (χ3n) is 9.22. The van der Waals surface area contributed by atoms with Crippen LogP contribution in [0, 0.1) is 0 Å². The lowest BCUT2D eigenvalue weighted by Gasteiger charge is -2.22. The van der Waals surface area contributed by atoms with Crippen LogP contribution in [0.25, 0.3) is 50.3 Å². The predicted molar refractivity (Wildman–Crippen MR) is 196 cm³/mol. The van der Waals surface area contributed by atoms with Crippen molar-refractivity contribution in [3.63, 3.8) is 0 Å². The fourth-order valence-corrected chi connectivity index (χ4v) is 6.12. The van der Waals surface area contributed by atoms with Gasteiger partial charge in [0, 0.05) is 39.2 Å². The second-order valence-electron chi connectivity index (χ2n) is 17.1. The van der Waals surface area contributed by atoms with Crippen molar-refractivity contribution in [1.29, 1.82) is 0 Å². The van der Waals surface area contributed by atoms with Gasteiger partial charge in [-0.3, -0.25) is 9.55 Å². The van der Waals surface area contributed by atoms with Crippen molar-refractivity contribution in [3.8, 4) is 28.3 Å². The normalized spacial score (nSPS) is 13.2. The summed E-state index contributed by atoms with van der Waals surface area (Å²) in [7, 11) is 0. The lowest BCUT2D eigenvalue weighted by Crippen LogP contribution is -2.12. The molecule has 0 spiro atoms. The van der Waals surface area contributed by atoms with Crippen molar-refractivity contribution in [1.82, 2.24) is 19.5 Å². The van der Waals surface area contributed by atoms with Gasteiger partial charge in [0.2, 0.25) is 0 Å². The van der Waals surface area contributed by atoms with E-state index in [0.29, 0.717) is 0 Å². The van der Waals surface area contributed by atoms with Crippen LogP contribution in [0.2, 0.25) is 0 Å². The van der Waals surface area contributed by atoms with Crippen LogP contribution in [-0.2, 0) is 21.7 Å². The van der Waals surface area contributed by atoms with Crippen LogP contribution in [0.15, 0.2) is 79.0 Å². The lowest BCUT2D eigenvalue weighted by molar-refractivity contribution is 0.572. The average Bonchev–Trinajstić information content (AvgIpc) is 3.58. The molecule has 0 aliphatic rings. The minimum atomic E-state index is -0.0393. The third-order valence-corrected chi connectivity index (χ3v) is 9.22. The first-order valence-corrected chi connectivity index (χ1v) is 16.6. The Morgan fingerprint density at radius 3 is 1.76 bits per heavy atom. The molecule has 2 aromatic carbocycles. The van der Waals surface area contributed by atoms with Crippen molar-refractivity contribution >= 4 is 21.9 Å². The van der Waals surface area contributed by atoms with E-state index in [9.17, 15) is 0 Å². The fourth-order valence-electron chi connectivity index (χ4n) is 6.12. The zero-order valence-corrected chi connectivity index (χ0v) is 29.8. The van der Waals surface area contributed by atoms with Gasteiger partial charge < -0.3 is 4.98 Å². The van der Waals surface area contributed by atoms with Gasteiger partial charge in [0.05, 0.1) is 16.9 Å². The molecule has 0 bridgehead atoms. The maximum absolute atomic E-state index is 5.46. The first-order valence-electron chi connectivity index (χ1n) is 16.6. The second-order valence-corrected chi connectivity index (χ2v) is 17.1. The Labute approximate surface area is 275 Å². The molecule has 0 saturated carbocycles. The van der Waals surface area contributed by atoms with Gasteiger partial charge in [0.1, 0.15) is 11.5 Å². The van der Waals surface area contributed by atoms with E-state index in [1.54, 1.807) is 0 Å². The topological polar surface area (TPSA) is 46.5 Å². The van der Waals surface area contributed by atoms with Gasteiger partial charge in [0.15, 0.2) is 0 Å². The molecular weight excluding hydrogens is 560 g/mol. The zero-order valence-electron chi connectivity index (χ0n) is 29.8. The van der Waals surface area contributed by atoms with Gasteiger partial charge in [-0.25, -0.2) is 4.98 Å². The summed E-state index contributed by atoms with van der Waals surface area (Å²) >= 11 is 0. The van der Waals surface area contributed by atoms with Crippen LogP contribution in [0.5, 0.6) is 0 Å². The summed E-state index contributed by atoms with van der Waals surface area (Å²) in [6.45, 7) is 27.1. The molecule has 0 aliphatic carbocycles. The highest BCUT2D eigenvalue weighted by Crippen LogP contribution is 2.38. The van der Waals surface area contributed by atoms with Crippen LogP contribution in [0.1, 0.15) is 105 Å². The molecule has 0 saturated heterocycles. The van der Waals surface area contributed by atoms with E-state index in [1.165, 1.54) is 27.8 Å². The first kappa shape index (κ1) is 31.8. The van der Waals surface area contributed by atoms with E-state index in [2.05, 4.69) is 165 Å². The minimum absolute atomic E-state index is 0.0110. The monoisotopic (exact) mass is 610 g/mol. The molecule has 46 heavy (non-hydrogen) atoms. The average molecular weight is 611 g/mol. The van der Waals surface area contributed by atoms with Gasteiger partial charge in [-0.15, -0.1) is 0 Å². The quantitative estimate of drug-likeness (QED) is 0.217. The van der Waals surface area contributed by atoms with Crippen LogP contribution in [0.4, 0.5) is 0 Å². The van der Waals surface area contributed by atoms with Crippen LogP contribution >= 0.6 is 0 Å². The van der Waals surface area contributed by atoms with Gasteiger partial charge in [-0.1, -0.05) is 89.2 Å². The van der Waals surface area contributed by atoms with Crippen molar-refractivity contribution in [2.45, 2.75) is 105 Å². The lowest BCUT2D eigenvalue weighted by atomic mass is 9.83. The second kappa shape index (κ2) is 10.7. The Balaban J connectivity index is 1.61. The molecule has 0 amide bonds. The van der Waals surface area contributed by atoms with Crippen molar-refractivity contribution in [2.24, 2.45) is 0 Å². The molecule has 6 aromatic rings. The number of H-pyrrole nitrogens is 1. The SMILES string of the molecule is CC(C)(C)c1cc(-c2cc(C(C)(C)C)ccn2)cc(-c2ccc3c4cc(C(C)(C)C)ccc4n(-c4ccc(C(C)(C)C)[nH]4)c3n2)c1. The Morgan fingerprint density at radius 1 is 0.522 bits per heavy atom. The predicted octanol–water partition coefficient (Wildman–Crippen LogP) is 11.4. The maximum atomic E-state index is 5.46. The minimum Gasteiger partial charge on any atom is -0.344 e. The van der Waals surface area contributed by atoms with E-state index in [1.807, 2.05) is 6.20 Å². The summed E-state index contributed by atoms with van der Waals surface area (Å²) in [6.07, 6.45) is 1.94. The first-order chi connectivity index (χ1) is 21.3. The highest BCUT2D eigenvalue weighted by Gasteiger charge is 2.23. The molecule has 0 unspecified atom stereocenters. The Kier molecular flexibility index (Phi) is 7.39. The van der Waals surface area contributed by atoms with E-state index >= 15 is 0 Å². The molecule has 0 radical (unpaired) electrons. The van der Waals surface area contributed by atoms with Crippen molar-refractivity contribution in [3.05, 3.63) is 101 Å². The molecule has 1 N–H and O–H groups in total. The summed E-state index contributed by atoms with van der Waals surface area (Å²) in [4.78, 5) is 14.0. The summed E-state index contributed by atoms with van der Waals surface area (Å²) in [5.74, 6) is 1.03. The summed E-state index contributed by atoms with van der Waals surface area (Å²) < 4.78 is 2.30. The van der Waals surface area contributed by atoms with Crippen LogP contribution < -0.4 is 0 Å². The van der Waals surface area contributed by atoms with Crippen LogP contribution in [-0.4, -0.2) is 19.5 Å². The van der Waals surface area contributed by atoms with Crippen molar-refractivity contribution in [2.75, 3.05) is 0 Å². The number of aromatic amines is 1. The highest BCUT2D eigenvalue weighted by atomic mass is 15.1. The van der Waals surface area contributed by atoms with Crippen molar-refractivity contribution < 1.29 is 0 Å². The van der Waals surface area contributed by atoms with E-state index in [4.69, 9.17) is 9.97 Å². The highest BCUT2D eigenvalue weighted by molar-refractivity contribution is 6.08. The molecular formula is C42H50N4. The number of rotatable bonds is 3. The van der Waals surface area contributed by atoms with Gasteiger partial charge in [0.25, 0.3) is 0 Å². The molecule has 6 rings (SSSR count). The summed E-state index contributed by atoms with van der Waals surface area (Å²) in [5.41, 5.74) is 11.4. The smallest absolute Gasteiger partial charge is 0.147 e. The van der Waals surface area contributed by atoms with Gasteiger partial charge >= 0.3 is 0 Å². The number of aromatic nitrogens is 4. The fraction of sp³-hybridized carbons (Fsp3) is 0.381. The largest absolute Gasteiger partial charge is 0.344 e. The summed E-state index contributed by atoms with van der Waals surface area (Å²) in [5, 5.41) is 2.38.